The van der Waals surface area contributed by atoms with Gasteiger partial charge in [-0.2, -0.15) is 0 Å². The minimum Gasteiger partial charge on any atom is -0.444 e. The van der Waals surface area contributed by atoms with Gasteiger partial charge in [-0.1, -0.05) is 12.1 Å². The summed E-state index contributed by atoms with van der Waals surface area (Å²) < 4.78 is 10.6. The molecule has 1 fully saturated rings. The van der Waals surface area contributed by atoms with Gasteiger partial charge in [0.2, 0.25) is 0 Å². The van der Waals surface area contributed by atoms with E-state index in [0.717, 1.165) is 0 Å². The smallest absolute Gasteiger partial charge is 0.408 e. The number of ether oxygens (including phenoxy) is 2. The van der Waals surface area contributed by atoms with E-state index >= 15 is 0 Å². The van der Waals surface area contributed by atoms with Gasteiger partial charge in [-0.25, -0.2) is 4.79 Å². The number of benzene rings is 1. The largest absolute Gasteiger partial charge is 0.444 e. The van der Waals surface area contributed by atoms with Gasteiger partial charge < -0.3 is 14.8 Å². The lowest BCUT2D eigenvalue weighted by Crippen LogP contribution is -2.53. The number of nitrogens with one attached hydrogen (secondary N) is 1. The first-order valence-electron chi connectivity index (χ1n) is 7.82. The molecule has 1 aromatic rings. The zero-order chi connectivity index (χ0) is 17.5. The van der Waals surface area contributed by atoms with Crippen LogP contribution in [0.25, 0.3) is 0 Å². The fourth-order valence-electron chi connectivity index (χ4n) is 2.90. The predicted octanol–water partition coefficient (Wildman–Crippen LogP) is 1.57. The van der Waals surface area contributed by atoms with Gasteiger partial charge in [-0.15, -0.1) is 0 Å². The van der Waals surface area contributed by atoms with Crippen molar-refractivity contribution in [3.63, 3.8) is 0 Å². The highest BCUT2D eigenvalue weighted by Crippen LogP contribution is 2.27. The third-order valence-corrected chi connectivity index (χ3v) is 3.91. The Bertz CT molecular complexity index is 659. The summed E-state index contributed by atoms with van der Waals surface area (Å²) in [4.78, 5) is 38.3. The van der Waals surface area contributed by atoms with Crippen molar-refractivity contribution in [2.45, 2.75) is 38.5 Å². The van der Waals surface area contributed by atoms with E-state index in [4.69, 9.17) is 9.47 Å². The lowest BCUT2D eigenvalue weighted by atomic mass is 10.1. The first-order chi connectivity index (χ1) is 11.3. The molecule has 2 aliphatic rings. The van der Waals surface area contributed by atoms with Crippen molar-refractivity contribution in [2.75, 3.05) is 13.2 Å². The molecule has 3 amide bonds. The molecule has 24 heavy (non-hydrogen) atoms. The van der Waals surface area contributed by atoms with Gasteiger partial charge in [0.25, 0.3) is 11.8 Å². The van der Waals surface area contributed by atoms with Crippen molar-refractivity contribution in [1.29, 1.82) is 0 Å². The number of nitrogens with zero attached hydrogens (tertiary/aromatic N) is 1. The second-order valence-corrected chi connectivity index (χ2v) is 6.88. The maximum atomic E-state index is 12.6. The molecule has 2 heterocycles. The molecule has 0 saturated carbocycles. The zero-order valence-corrected chi connectivity index (χ0v) is 13.9. The fourth-order valence-corrected chi connectivity index (χ4v) is 2.90. The fraction of sp³-hybridized carbons (Fsp3) is 0.471. The minimum atomic E-state index is -0.630. The Kier molecular flexibility index (Phi) is 4.04. The third kappa shape index (κ3) is 2.99. The Morgan fingerprint density at radius 2 is 1.75 bits per heavy atom. The number of alkyl carbamates (subject to hydrolysis) is 1. The van der Waals surface area contributed by atoms with Crippen LogP contribution in [-0.4, -0.2) is 53.7 Å². The number of amides is 3. The van der Waals surface area contributed by atoms with E-state index in [0.29, 0.717) is 11.1 Å². The number of carbonyl (C=O) groups excluding carboxylic acids is 3. The third-order valence-electron chi connectivity index (χ3n) is 3.91. The Morgan fingerprint density at radius 3 is 2.29 bits per heavy atom. The van der Waals surface area contributed by atoms with Crippen LogP contribution in [0.3, 0.4) is 0 Å². The zero-order valence-electron chi connectivity index (χ0n) is 13.9. The van der Waals surface area contributed by atoms with Crippen molar-refractivity contribution in [3.05, 3.63) is 35.4 Å². The van der Waals surface area contributed by atoms with Crippen LogP contribution in [0.4, 0.5) is 4.79 Å². The lowest BCUT2D eigenvalue weighted by molar-refractivity contribution is 0.0442. The molecule has 2 atom stereocenters. The average Bonchev–Trinajstić information content (AvgIpc) is 3.01. The van der Waals surface area contributed by atoms with Crippen LogP contribution in [0.2, 0.25) is 0 Å². The number of hydrogen-bond acceptors (Lipinski definition) is 5. The maximum absolute atomic E-state index is 12.6. The van der Waals surface area contributed by atoms with Crippen LogP contribution >= 0.6 is 0 Å². The molecule has 0 unspecified atom stereocenters. The first kappa shape index (κ1) is 16.4. The van der Waals surface area contributed by atoms with Gasteiger partial charge in [0.05, 0.1) is 36.4 Å². The van der Waals surface area contributed by atoms with Gasteiger partial charge in [0.15, 0.2) is 0 Å². The molecule has 7 heteroatoms. The number of fused-ring (bicyclic) bond motifs is 1. The number of carbonyl (C=O) groups is 3. The second kappa shape index (κ2) is 5.90. The predicted molar refractivity (Wildman–Crippen MR) is 84.7 cm³/mol. The molecular weight excluding hydrogens is 312 g/mol. The van der Waals surface area contributed by atoms with Crippen LogP contribution in [0, 0.1) is 0 Å². The monoisotopic (exact) mass is 332 g/mol. The molecule has 1 N–H and O–H groups in total. The lowest BCUT2D eigenvalue weighted by Gasteiger charge is -2.28. The van der Waals surface area contributed by atoms with Gasteiger partial charge in [-0.05, 0) is 32.9 Å². The summed E-state index contributed by atoms with van der Waals surface area (Å²) in [6.07, 6.45) is -0.598. The Balaban J connectivity index is 1.76. The van der Waals surface area contributed by atoms with E-state index in [-0.39, 0.29) is 25.0 Å². The van der Waals surface area contributed by atoms with Crippen LogP contribution in [-0.2, 0) is 9.47 Å². The van der Waals surface area contributed by atoms with Gasteiger partial charge in [-0.3, -0.25) is 14.5 Å². The molecule has 128 valence electrons. The summed E-state index contributed by atoms with van der Waals surface area (Å²) >= 11 is 0. The Labute approximate surface area is 139 Å². The van der Waals surface area contributed by atoms with Crippen LogP contribution in [0.1, 0.15) is 41.5 Å². The highest BCUT2D eigenvalue weighted by atomic mass is 16.6. The van der Waals surface area contributed by atoms with E-state index in [1.54, 1.807) is 45.0 Å². The minimum absolute atomic E-state index is 0.186. The Hall–Kier alpha value is -2.41. The van der Waals surface area contributed by atoms with Gasteiger partial charge in [0, 0.05) is 0 Å². The molecule has 0 bridgehead atoms. The maximum Gasteiger partial charge on any atom is 0.408 e. The number of rotatable bonds is 2. The molecule has 0 aromatic heterocycles. The number of imide groups is 1. The van der Waals surface area contributed by atoms with Crippen molar-refractivity contribution in [1.82, 2.24) is 10.2 Å². The summed E-state index contributed by atoms with van der Waals surface area (Å²) in [5.41, 5.74) is 0.130. The standard InChI is InChI=1S/C17H20N2O5/c1-17(2,3)24-16(22)18-12-8-23-9-13(12)19-14(20)10-6-4-5-7-11(10)15(19)21/h4-7,12-13H,8-9H2,1-3H3,(H,18,22)/t12-,13+/m1/s1. The van der Waals surface area contributed by atoms with Crippen molar-refractivity contribution < 1.29 is 23.9 Å². The Morgan fingerprint density at radius 1 is 1.17 bits per heavy atom. The SMILES string of the molecule is CC(C)(C)OC(=O)N[C@@H]1COC[C@@H]1N1C(=O)c2ccccc2C1=O. The van der Waals surface area contributed by atoms with E-state index in [9.17, 15) is 14.4 Å². The normalized spacial score (nSPS) is 23.4. The van der Waals surface area contributed by atoms with Crippen LogP contribution < -0.4 is 5.32 Å². The topological polar surface area (TPSA) is 84.9 Å². The van der Waals surface area contributed by atoms with Crippen LogP contribution in [0.5, 0.6) is 0 Å². The van der Waals surface area contributed by atoms with Gasteiger partial charge >= 0.3 is 6.09 Å². The van der Waals surface area contributed by atoms with E-state index in [1.807, 2.05) is 0 Å². The molecule has 3 rings (SSSR count). The van der Waals surface area contributed by atoms with Crippen molar-refractivity contribution >= 4 is 17.9 Å². The quantitative estimate of drug-likeness (QED) is 0.831. The van der Waals surface area contributed by atoms with E-state index in [2.05, 4.69) is 5.32 Å². The van der Waals surface area contributed by atoms with E-state index < -0.39 is 23.8 Å². The molecule has 1 saturated heterocycles. The number of hydrogen-bond donors (Lipinski definition) is 1. The summed E-state index contributed by atoms with van der Waals surface area (Å²) in [5, 5.41) is 2.70. The van der Waals surface area contributed by atoms with Crippen molar-refractivity contribution in [2.24, 2.45) is 0 Å². The molecule has 7 nitrogen and oxygen atoms in total. The molecule has 2 aliphatic heterocycles. The molecule has 1 aromatic carbocycles. The van der Waals surface area contributed by atoms with E-state index in [1.165, 1.54) is 4.90 Å². The van der Waals surface area contributed by atoms with Crippen molar-refractivity contribution in [3.8, 4) is 0 Å². The summed E-state index contributed by atoms with van der Waals surface area (Å²) in [7, 11) is 0. The van der Waals surface area contributed by atoms with Gasteiger partial charge in [0.1, 0.15) is 5.60 Å². The first-order valence-corrected chi connectivity index (χ1v) is 7.82. The molecule has 0 radical (unpaired) electrons. The average molecular weight is 332 g/mol. The second-order valence-electron chi connectivity index (χ2n) is 6.88. The molecule has 0 spiro atoms. The van der Waals surface area contributed by atoms with Crippen LogP contribution in [0.15, 0.2) is 24.3 Å². The summed E-state index contributed by atoms with van der Waals surface area (Å²) in [6, 6.07) is 5.64. The highest BCUT2D eigenvalue weighted by Gasteiger charge is 2.45. The summed E-state index contributed by atoms with van der Waals surface area (Å²) in [5.74, 6) is -0.718. The summed E-state index contributed by atoms with van der Waals surface area (Å²) in [6.45, 7) is 5.70. The highest BCUT2D eigenvalue weighted by molar-refractivity contribution is 6.21. The molecule has 0 aliphatic carbocycles. The molecular formula is C17H20N2O5.